The molecule has 0 N–H and O–H groups in total. The number of carbonyl (C=O) groups is 1. The van der Waals surface area contributed by atoms with Crippen molar-refractivity contribution in [2.45, 2.75) is 11.9 Å². The summed E-state index contributed by atoms with van der Waals surface area (Å²) in [7, 11) is 1.17. The Hall–Kier alpha value is -1.68. The van der Waals surface area contributed by atoms with Gasteiger partial charge < -0.3 is 9.47 Å². The third-order valence-corrected chi connectivity index (χ3v) is 2.68. The number of halogens is 3. The van der Waals surface area contributed by atoms with Crippen LogP contribution in [0.1, 0.15) is 21.5 Å². The monoisotopic (exact) mass is 319 g/mol. The predicted octanol–water partition coefficient (Wildman–Crippen LogP) is 2.84. The van der Waals surface area contributed by atoms with E-state index in [0.717, 1.165) is 6.07 Å². The van der Waals surface area contributed by atoms with Crippen LogP contribution in [0.4, 0.5) is 8.78 Å². The van der Waals surface area contributed by atoms with Crippen LogP contribution in [-0.4, -0.2) is 19.7 Å². The van der Waals surface area contributed by atoms with Crippen LogP contribution in [0.25, 0.3) is 0 Å². The van der Waals surface area contributed by atoms with Crippen molar-refractivity contribution in [2.24, 2.45) is 0 Å². The topological polar surface area (TPSA) is 59.3 Å². The lowest BCUT2D eigenvalue weighted by molar-refractivity contribution is -0.0498. The van der Waals surface area contributed by atoms with Gasteiger partial charge in [0.25, 0.3) is 0 Å². The van der Waals surface area contributed by atoms with Gasteiger partial charge in [-0.25, -0.2) is 4.79 Å². The van der Waals surface area contributed by atoms with Gasteiger partial charge in [0.1, 0.15) is 11.8 Å². The molecular formula is C11H8BrF2NO3. The molecule has 1 aromatic rings. The smallest absolute Gasteiger partial charge is 0.387 e. The number of methoxy groups -OCH3 is 1. The molecule has 0 saturated heterocycles. The lowest BCUT2D eigenvalue weighted by atomic mass is 10.0. The maximum Gasteiger partial charge on any atom is 0.387 e. The van der Waals surface area contributed by atoms with Crippen molar-refractivity contribution in [1.29, 1.82) is 5.26 Å². The lowest BCUT2D eigenvalue weighted by Gasteiger charge is -2.11. The van der Waals surface area contributed by atoms with Crippen molar-refractivity contribution in [3.63, 3.8) is 0 Å². The van der Waals surface area contributed by atoms with E-state index in [9.17, 15) is 13.6 Å². The summed E-state index contributed by atoms with van der Waals surface area (Å²) in [5, 5.41) is 9.13. The van der Waals surface area contributed by atoms with E-state index in [4.69, 9.17) is 5.26 Å². The summed E-state index contributed by atoms with van der Waals surface area (Å²) in [6.07, 6.45) is 0. The highest BCUT2D eigenvalue weighted by molar-refractivity contribution is 9.08. The number of nitrogens with zero attached hydrogens (tertiary/aromatic N) is 1. The Kier molecular flexibility index (Phi) is 5.04. The Balaban J connectivity index is 3.35. The average molecular weight is 320 g/mol. The van der Waals surface area contributed by atoms with Crippen LogP contribution in [0.5, 0.6) is 5.75 Å². The van der Waals surface area contributed by atoms with Crippen LogP contribution < -0.4 is 4.74 Å². The molecule has 0 unspecified atom stereocenters. The SMILES string of the molecule is COC(=O)c1c(C#N)cc(OC(F)F)cc1CBr. The zero-order chi connectivity index (χ0) is 13.7. The van der Waals surface area contributed by atoms with E-state index in [0.29, 0.717) is 5.56 Å². The summed E-state index contributed by atoms with van der Waals surface area (Å²) >= 11 is 3.11. The summed E-state index contributed by atoms with van der Waals surface area (Å²) in [6, 6.07) is 4.08. The number of benzene rings is 1. The molecule has 0 spiro atoms. The molecule has 4 nitrogen and oxygen atoms in total. The molecule has 0 aliphatic rings. The van der Waals surface area contributed by atoms with E-state index in [1.165, 1.54) is 13.2 Å². The molecule has 96 valence electrons. The fourth-order valence-corrected chi connectivity index (χ4v) is 1.82. The van der Waals surface area contributed by atoms with E-state index in [-0.39, 0.29) is 22.2 Å². The Labute approximate surface area is 110 Å². The second-order valence-corrected chi connectivity index (χ2v) is 3.68. The van der Waals surface area contributed by atoms with Crippen molar-refractivity contribution in [3.8, 4) is 11.8 Å². The van der Waals surface area contributed by atoms with Gasteiger partial charge in [-0.3, -0.25) is 0 Å². The average Bonchev–Trinajstić information content (AvgIpc) is 2.35. The molecule has 0 aliphatic carbocycles. The van der Waals surface area contributed by atoms with Crippen molar-refractivity contribution in [1.82, 2.24) is 0 Å². The van der Waals surface area contributed by atoms with Gasteiger partial charge in [0.05, 0.1) is 18.2 Å². The minimum atomic E-state index is -3.00. The highest BCUT2D eigenvalue weighted by atomic mass is 79.9. The van der Waals surface area contributed by atoms with Crippen molar-refractivity contribution in [2.75, 3.05) is 7.11 Å². The summed E-state index contributed by atoms with van der Waals surface area (Å²) < 4.78 is 33.0. The minimum absolute atomic E-state index is 0.0403. The van der Waals surface area contributed by atoms with Crippen LogP contribution >= 0.6 is 15.9 Å². The zero-order valence-corrected chi connectivity index (χ0v) is 10.8. The minimum Gasteiger partial charge on any atom is -0.465 e. The number of carbonyl (C=O) groups excluding carboxylic acids is 1. The van der Waals surface area contributed by atoms with Gasteiger partial charge in [-0.1, -0.05) is 15.9 Å². The van der Waals surface area contributed by atoms with E-state index < -0.39 is 12.6 Å². The first kappa shape index (κ1) is 14.4. The Morgan fingerprint density at radius 2 is 2.22 bits per heavy atom. The second kappa shape index (κ2) is 6.31. The highest BCUT2D eigenvalue weighted by Crippen LogP contribution is 2.26. The first-order valence-corrected chi connectivity index (χ1v) is 5.81. The standard InChI is InChI=1S/C11H8BrF2NO3/c1-17-10(16)9-6(4-12)2-8(18-11(13)14)3-7(9)5-15/h2-3,11H,4H2,1H3. The number of alkyl halides is 3. The third-order valence-electron chi connectivity index (χ3n) is 2.07. The zero-order valence-electron chi connectivity index (χ0n) is 9.25. The molecule has 1 aromatic carbocycles. The van der Waals surface area contributed by atoms with E-state index >= 15 is 0 Å². The third kappa shape index (κ3) is 3.17. The lowest BCUT2D eigenvalue weighted by Crippen LogP contribution is -2.10. The van der Waals surface area contributed by atoms with Crippen LogP contribution in [0.2, 0.25) is 0 Å². The summed E-state index contributed by atoms with van der Waals surface area (Å²) in [4.78, 5) is 11.5. The molecule has 0 amide bonds. The van der Waals surface area contributed by atoms with E-state index in [1.54, 1.807) is 6.07 Å². The molecule has 1 rings (SSSR count). The largest absolute Gasteiger partial charge is 0.465 e. The first-order valence-electron chi connectivity index (χ1n) is 4.69. The molecule has 0 radical (unpaired) electrons. The summed E-state index contributed by atoms with van der Waals surface area (Å²) in [5.74, 6) is -0.881. The van der Waals surface area contributed by atoms with Gasteiger partial charge in [0, 0.05) is 5.33 Å². The molecule has 7 heteroatoms. The molecule has 0 aromatic heterocycles. The Morgan fingerprint density at radius 3 is 2.67 bits per heavy atom. The Morgan fingerprint density at radius 1 is 1.56 bits per heavy atom. The number of ether oxygens (including phenoxy) is 2. The van der Waals surface area contributed by atoms with Crippen molar-refractivity contribution in [3.05, 3.63) is 28.8 Å². The Bertz CT molecular complexity index is 500. The molecule has 0 bridgehead atoms. The number of nitriles is 1. The summed E-state index contributed by atoms with van der Waals surface area (Å²) in [5.41, 5.74) is 0.310. The maximum absolute atomic E-state index is 12.1. The van der Waals surface area contributed by atoms with Gasteiger partial charge in [0.15, 0.2) is 0 Å². The fraction of sp³-hybridized carbons (Fsp3) is 0.273. The second-order valence-electron chi connectivity index (χ2n) is 3.12. The number of esters is 1. The molecule has 0 saturated carbocycles. The van der Waals surface area contributed by atoms with Gasteiger partial charge in [-0.15, -0.1) is 0 Å². The van der Waals surface area contributed by atoms with Crippen LogP contribution in [0, 0.1) is 11.3 Å². The molecule has 0 heterocycles. The number of hydrogen-bond donors (Lipinski definition) is 0. The molecule has 0 atom stereocenters. The maximum atomic E-state index is 12.1. The quantitative estimate of drug-likeness (QED) is 0.632. The predicted molar refractivity (Wildman–Crippen MR) is 61.8 cm³/mol. The number of hydrogen-bond acceptors (Lipinski definition) is 4. The van der Waals surface area contributed by atoms with Gasteiger partial charge in [0.2, 0.25) is 0 Å². The first-order chi connectivity index (χ1) is 8.53. The highest BCUT2D eigenvalue weighted by Gasteiger charge is 2.19. The molecule has 0 aliphatic heterocycles. The normalized spacial score (nSPS) is 10.0. The van der Waals surface area contributed by atoms with Gasteiger partial charge in [-0.2, -0.15) is 14.0 Å². The van der Waals surface area contributed by atoms with Gasteiger partial charge in [-0.05, 0) is 17.7 Å². The van der Waals surface area contributed by atoms with Crippen molar-refractivity contribution < 1.29 is 23.0 Å². The van der Waals surface area contributed by atoms with E-state index in [2.05, 4.69) is 25.4 Å². The fourth-order valence-electron chi connectivity index (χ4n) is 1.38. The van der Waals surface area contributed by atoms with Crippen LogP contribution in [0.3, 0.4) is 0 Å². The van der Waals surface area contributed by atoms with Crippen molar-refractivity contribution >= 4 is 21.9 Å². The molecular weight excluding hydrogens is 312 g/mol. The van der Waals surface area contributed by atoms with Gasteiger partial charge >= 0.3 is 12.6 Å². The number of rotatable bonds is 4. The summed E-state index contributed by atoms with van der Waals surface area (Å²) in [6.45, 7) is -3.00. The van der Waals surface area contributed by atoms with E-state index in [1.807, 2.05) is 0 Å². The molecule has 18 heavy (non-hydrogen) atoms. The van der Waals surface area contributed by atoms with Crippen LogP contribution in [-0.2, 0) is 10.1 Å². The molecule has 0 fully saturated rings. The van der Waals surface area contributed by atoms with Crippen LogP contribution in [0.15, 0.2) is 12.1 Å².